The molecule has 0 spiro atoms. The number of hydrogen-bond acceptors (Lipinski definition) is 12. The van der Waals surface area contributed by atoms with Crippen molar-refractivity contribution >= 4 is 217 Å². The highest BCUT2D eigenvalue weighted by Crippen LogP contribution is 2.39. The fourth-order valence-corrected chi connectivity index (χ4v) is 9.23. The van der Waals surface area contributed by atoms with Crippen molar-refractivity contribution in [3.8, 4) is 0 Å². The van der Waals surface area contributed by atoms with E-state index in [1.165, 1.54) is 38.6 Å². The molecule has 0 saturated carbocycles. The normalized spacial score (nSPS) is 14.4. The van der Waals surface area contributed by atoms with Gasteiger partial charge in [0.15, 0.2) is 40.1 Å². The van der Waals surface area contributed by atoms with Gasteiger partial charge in [0.05, 0.1) is 9.75 Å². The fraction of sp³-hybridized carbons (Fsp3) is 0.200. The van der Waals surface area contributed by atoms with E-state index in [0.29, 0.717) is 0 Å². The molecular formula is C30H26Cl12N6O8S4. The van der Waals surface area contributed by atoms with E-state index in [1.54, 1.807) is 47.2 Å². The first kappa shape index (κ1) is 56.7. The van der Waals surface area contributed by atoms with E-state index < -0.39 is 49.0 Å². The summed E-state index contributed by atoms with van der Waals surface area (Å²) in [5.41, 5.74) is -0.666. The Morgan fingerprint density at radius 1 is 0.567 bits per heavy atom. The van der Waals surface area contributed by atoms with Crippen molar-refractivity contribution in [1.82, 2.24) is 18.6 Å². The number of carbonyl (C=O) groups excluding carboxylic acids is 2. The van der Waals surface area contributed by atoms with Crippen molar-refractivity contribution in [2.24, 2.45) is 0 Å². The van der Waals surface area contributed by atoms with Crippen LogP contribution in [-0.2, 0) is 29.6 Å². The van der Waals surface area contributed by atoms with Gasteiger partial charge in [-0.05, 0) is 47.2 Å². The predicted molar refractivity (Wildman–Crippen MR) is 249 cm³/mol. The molecule has 0 unspecified atom stereocenters. The molecule has 30 heteroatoms. The topological polar surface area (TPSA) is 199 Å². The number of nitrogens with one attached hydrogen (secondary N) is 2. The van der Waals surface area contributed by atoms with Gasteiger partial charge < -0.3 is 20.8 Å². The zero-order valence-corrected chi connectivity index (χ0v) is 41.9. The molecule has 0 atom stereocenters. The van der Waals surface area contributed by atoms with Crippen molar-refractivity contribution in [2.75, 3.05) is 24.7 Å². The van der Waals surface area contributed by atoms with Crippen molar-refractivity contribution in [1.29, 1.82) is 0 Å². The van der Waals surface area contributed by atoms with E-state index >= 15 is 0 Å². The quantitative estimate of drug-likeness (QED) is 0.143. The van der Waals surface area contributed by atoms with Crippen molar-refractivity contribution < 1.29 is 36.6 Å². The van der Waals surface area contributed by atoms with Crippen LogP contribution in [0, 0.1) is 0 Å². The minimum Gasteiger partial charge on any atom is -0.504 e. The number of anilines is 2. The molecule has 4 aromatic rings. The van der Waals surface area contributed by atoms with Crippen LogP contribution in [0.15, 0.2) is 92.9 Å². The van der Waals surface area contributed by atoms with Gasteiger partial charge >= 0.3 is 0 Å². The molecule has 0 fully saturated rings. The molecule has 0 aliphatic carbocycles. The van der Waals surface area contributed by atoms with E-state index in [0.717, 1.165) is 31.3 Å². The summed E-state index contributed by atoms with van der Waals surface area (Å²) in [7, 11) is -5.26. The van der Waals surface area contributed by atoms with Gasteiger partial charge in [-0.1, -0.05) is 151 Å². The number of pyridine rings is 2. The van der Waals surface area contributed by atoms with E-state index in [1.807, 2.05) is 0 Å². The number of aliphatic hydroxyl groups excluding tert-OH is 2. The van der Waals surface area contributed by atoms with Crippen LogP contribution in [0.3, 0.4) is 0 Å². The standard InChI is InChI=1S/2C13H11N3O4S2.4CHCl3/c2*1-16-10(13(18)15-9-4-2-3-6-14-9)11(17)12-8(5-7-21-12)22(16,19)20;4*2-1(3)4/h2*2-7,17H,1H3,(H,14,15,18);4*1H. The average molecular weight is 1150 g/mol. The van der Waals surface area contributed by atoms with E-state index in [9.17, 15) is 36.6 Å². The highest BCUT2D eigenvalue weighted by Gasteiger charge is 2.40. The molecule has 4 N–H and O–H groups in total. The highest BCUT2D eigenvalue weighted by molar-refractivity contribution is 7.90. The van der Waals surface area contributed by atoms with E-state index in [4.69, 9.17) is 139 Å². The van der Waals surface area contributed by atoms with Crippen molar-refractivity contribution in [3.63, 3.8) is 0 Å². The van der Waals surface area contributed by atoms with Crippen molar-refractivity contribution in [2.45, 2.75) is 27.0 Å². The predicted octanol–water partition coefficient (Wildman–Crippen LogP) is 11.2. The summed E-state index contributed by atoms with van der Waals surface area (Å²) in [5, 5.41) is 28.6. The summed E-state index contributed by atoms with van der Waals surface area (Å²) in [6.07, 6.45) is 2.98. The largest absolute Gasteiger partial charge is 0.504 e. The minimum atomic E-state index is -3.85. The maximum atomic E-state index is 12.4. The molecule has 60 heavy (non-hydrogen) atoms. The third-order valence-corrected chi connectivity index (χ3v) is 12.0. The van der Waals surface area contributed by atoms with Crippen LogP contribution < -0.4 is 10.6 Å². The molecule has 0 saturated heterocycles. The molecule has 0 bridgehead atoms. The molecule has 6 rings (SSSR count). The minimum absolute atomic E-state index is 0.00751. The molecule has 332 valence electrons. The number of rotatable bonds is 4. The van der Waals surface area contributed by atoms with Crippen LogP contribution in [0.5, 0.6) is 0 Å². The maximum absolute atomic E-state index is 12.4. The van der Waals surface area contributed by atoms with Gasteiger partial charge in [-0.15, -0.1) is 22.7 Å². The summed E-state index contributed by atoms with van der Waals surface area (Å²) in [5.74, 6) is -1.71. The Morgan fingerprint density at radius 3 is 1.10 bits per heavy atom. The lowest BCUT2D eigenvalue weighted by Crippen LogP contribution is -2.36. The Morgan fingerprint density at radius 2 is 0.850 bits per heavy atom. The molecule has 0 aromatic carbocycles. The van der Waals surface area contributed by atoms with Crippen LogP contribution in [-0.4, -0.2) is 88.7 Å². The lowest BCUT2D eigenvalue weighted by atomic mass is 10.3. The number of halogens is 12. The summed E-state index contributed by atoms with van der Waals surface area (Å²) < 4.78 is 48.0. The Hall–Kier alpha value is -1.30. The number of aromatic nitrogens is 2. The smallest absolute Gasteiger partial charge is 0.278 e. The number of amides is 2. The summed E-state index contributed by atoms with van der Waals surface area (Å²) >= 11 is 59.8. The van der Waals surface area contributed by atoms with Gasteiger partial charge in [0.2, 0.25) is 0 Å². The lowest BCUT2D eigenvalue weighted by Gasteiger charge is -2.26. The summed E-state index contributed by atoms with van der Waals surface area (Å²) in [6.45, 7) is 0. The zero-order valence-electron chi connectivity index (χ0n) is 29.5. The Balaban J connectivity index is 0.000000443. The second-order valence-corrected chi connectivity index (χ2v) is 23.5. The molecule has 2 amide bonds. The molecule has 4 aromatic heterocycles. The van der Waals surface area contributed by atoms with Crippen LogP contribution >= 0.6 is 162 Å². The number of sulfonamides is 2. The first-order chi connectivity index (χ1) is 27.8. The SMILES string of the molecule is CN1C(C(=O)Nc2ccccn2)=C(O)c2sccc2S1(=O)=O.CN1C(C(=O)Nc2ccccn2)=C(O)c2sccc2S1(=O)=O.ClC(Cl)Cl.ClC(Cl)Cl.ClC(Cl)Cl.ClC(Cl)Cl. The number of likely N-dealkylation sites (N-methyl/N-ethyl adjacent to an activating group) is 2. The first-order valence-corrected chi connectivity index (χ1v) is 24.8. The number of thiophene rings is 2. The number of fused-ring (bicyclic) bond motifs is 2. The third kappa shape index (κ3) is 18.1. The third-order valence-electron chi connectivity index (χ3n) is 6.29. The Labute approximate surface area is 412 Å². The second kappa shape index (κ2) is 27.1. The van der Waals surface area contributed by atoms with Gasteiger partial charge in [0.25, 0.3) is 31.9 Å². The number of aliphatic hydroxyl groups is 2. The van der Waals surface area contributed by atoms with Crippen LogP contribution in [0.1, 0.15) is 9.75 Å². The first-order valence-electron chi connectivity index (χ1n) is 14.9. The molecular weight excluding hydrogens is 1130 g/mol. The van der Waals surface area contributed by atoms with Crippen LogP contribution in [0.25, 0.3) is 11.5 Å². The number of carbonyl (C=O) groups is 2. The Bertz CT molecular complexity index is 2100. The monoisotopic (exact) mass is 1150 g/mol. The van der Waals surface area contributed by atoms with E-state index in [-0.39, 0.29) is 54.1 Å². The lowest BCUT2D eigenvalue weighted by molar-refractivity contribution is -0.114. The molecule has 2 aliphatic heterocycles. The molecule has 0 radical (unpaired) electrons. The van der Waals surface area contributed by atoms with E-state index in [2.05, 4.69) is 20.6 Å². The Kier molecular flexibility index (Phi) is 25.6. The van der Waals surface area contributed by atoms with Gasteiger partial charge in [0, 0.05) is 26.5 Å². The van der Waals surface area contributed by atoms with Crippen LogP contribution in [0.4, 0.5) is 11.6 Å². The maximum Gasteiger partial charge on any atom is 0.278 e. The molecule has 6 heterocycles. The highest BCUT2D eigenvalue weighted by atomic mass is 35.6. The van der Waals surface area contributed by atoms with Crippen LogP contribution in [0.2, 0.25) is 0 Å². The molecule has 2 aliphatic rings. The van der Waals surface area contributed by atoms with Gasteiger partial charge in [0.1, 0.15) is 21.4 Å². The number of hydrogen-bond donors (Lipinski definition) is 4. The summed E-state index contributed by atoms with van der Waals surface area (Å²) in [6, 6.07) is 12.6. The van der Waals surface area contributed by atoms with Gasteiger partial charge in [-0.3, -0.25) is 18.2 Å². The summed E-state index contributed by atoms with van der Waals surface area (Å²) in [4.78, 5) is 32.8. The van der Waals surface area contributed by atoms with Gasteiger partial charge in [-0.2, -0.15) is 0 Å². The van der Waals surface area contributed by atoms with Crippen molar-refractivity contribution in [3.05, 3.63) is 92.8 Å². The number of alkyl halides is 12. The fourth-order valence-electron chi connectivity index (χ4n) is 4.12. The van der Waals surface area contributed by atoms with Gasteiger partial charge in [-0.25, -0.2) is 26.8 Å². The zero-order chi connectivity index (χ0) is 46.1. The molecule has 14 nitrogen and oxygen atoms in total. The second-order valence-electron chi connectivity index (χ2n) is 9.90. The number of nitrogens with zero attached hydrogens (tertiary/aromatic N) is 4. The average Bonchev–Trinajstić information content (AvgIpc) is 3.84.